The summed E-state index contributed by atoms with van der Waals surface area (Å²) in [6, 6.07) is 8.20. The summed E-state index contributed by atoms with van der Waals surface area (Å²) in [6.07, 6.45) is 0.256. The number of piperidine rings is 1. The van der Waals surface area contributed by atoms with Gasteiger partial charge in [0.15, 0.2) is 0 Å². The fourth-order valence-electron chi connectivity index (χ4n) is 3.67. The normalized spacial score (nSPS) is 20.5. The monoisotopic (exact) mass is 375 g/mol. The second-order valence-electron chi connectivity index (χ2n) is 8.46. The van der Waals surface area contributed by atoms with Gasteiger partial charge in [0.05, 0.1) is 12.5 Å². The van der Waals surface area contributed by atoms with Crippen molar-refractivity contribution in [2.24, 2.45) is 5.92 Å². The van der Waals surface area contributed by atoms with Gasteiger partial charge in [0, 0.05) is 19.0 Å². The molecule has 150 valence electrons. The minimum absolute atomic E-state index is 0.0936. The van der Waals surface area contributed by atoms with Crippen molar-refractivity contribution in [2.75, 3.05) is 19.7 Å². The van der Waals surface area contributed by atoms with E-state index in [4.69, 9.17) is 9.47 Å². The number of hydrogen-bond donors (Lipinski definition) is 0. The maximum Gasteiger partial charge on any atom is 0.410 e. The van der Waals surface area contributed by atoms with Crippen molar-refractivity contribution < 1.29 is 19.1 Å². The van der Waals surface area contributed by atoms with Crippen LogP contribution in [0.3, 0.4) is 0 Å². The van der Waals surface area contributed by atoms with Gasteiger partial charge < -0.3 is 14.4 Å². The number of carbonyl (C=O) groups is 2. The Bertz CT molecular complexity index is 663. The largest absolute Gasteiger partial charge is 0.466 e. The van der Waals surface area contributed by atoms with E-state index < -0.39 is 5.60 Å². The fraction of sp³-hybridized carbons (Fsp3) is 0.636. The number of ether oxygens (including phenoxy) is 2. The Morgan fingerprint density at radius 3 is 2.48 bits per heavy atom. The quantitative estimate of drug-likeness (QED) is 0.715. The van der Waals surface area contributed by atoms with E-state index >= 15 is 0 Å². The molecule has 2 rings (SSSR count). The number of hydrogen-bond acceptors (Lipinski definition) is 4. The summed E-state index contributed by atoms with van der Waals surface area (Å²) in [5.41, 5.74) is 1.79. The molecule has 0 saturated carbocycles. The highest BCUT2D eigenvalue weighted by Crippen LogP contribution is 2.37. The predicted octanol–water partition coefficient (Wildman–Crippen LogP) is 4.71. The highest BCUT2D eigenvalue weighted by molar-refractivity contribution is 5.75. The van der Waals surface area contributed by atoms with Gasteiger partial charge in [-0.05, 0) is 51.2 Å². The van der Waals surface area contributed by atoms with Crippen molar-refractivity contribution in [1.29, 1.82) is 0 Å². The lowest BCUT2D eigenvalue weighted by atomic mass is 9.77. The standard InChI is InChI=1S/C22H33NO4/c1-7-26-20(24)18-12-13-23(21(25)27-22(4,5)6)14-19(18)17-11-9-8-10-16(17)15(2)3/h8-11,15,18-19H,7,12-14H2,1-6H3. The first kappa shape index (κ1) is 21.3. The van der Waals surface area contributed by atoms with Gasteiger partial charge in [-0.1, -0.05) is 38.1 Å². The molecule has 0 N–H and O–H groups in total. The van der Waals surface area contributed by atoms with Gasteiger partial charge >= 0.3 is 12.1 Å². The molecule has 0 aromatic heterocycles. The molecule has 0 radical (unpaired) electrons. The van der Waals surface area contributed by atoms with Gasteiger partial charge in [0.1, 0.15) is 5.60 Å². The lowest BCUT2D eigenvalue weighted by Gasteiger charge is -2.39. The molecule has 5 nitrogen and oxygen atoms in total. The molecule has 0 aliphatic carbocycles. The molecule has 1 aromatic rings. The highest BCUT2D eigenvalue weighted by atomic mass is 16.6. The number of carbonyl (C=O) groups excluding carboxylic acids is 2. The van der Waals surface area contributed by atoms with Crippen molar-refractivity contribution in [1.82, 2.24) is 4.90 Å². The molecule has 0 bridgehead atoms. The second kappa shape index (κ2) is 8.77. The molecule has 27 heavy (non-hydrogen) atoms. The third-order valence-electron chi connectivity index (χ3n) is 4.87. The molecule has 1 aliphatic rings. The average molecular weight is 376 g/mol. The van der Waals surface area contributed by atoms with Crippen LogP contribution in [0.25, 0.3) is 0 Å². The molecular weight excluding hydrogens is 342 g/mol. The number of rotatable bonds is 4. The van der Waals surface area contributed by atoms with Gasteiger partial charge in [-0.25, -0.2) is 4.79 Å². The Morgan fingerprint density at radius 2 is 1.89 bits per heavy atom. The molecule has 2 unspecified atom stereocenters. The summed E-state index contributed by atoms with van der Waals surface area (Å²) in [5.74, 6) is -0.182. The zero-order chi connectivity index (χ0) is 20.2. The molecule has 1 heterocycles. The van der Waals surface area contributed by atoms with Crippen molar-refractivity contribution in [3.63, 3.8) is 0 Å². The Balaban J connectivity index is 2.34. The summed E-state index contributed by atoms with van der Waals surface area (Å²) >= 11 is 0. The van der Waals surface area contributed by atoms with Gasteiger partial charge in [-0.3, -0.25) is 4.79 Å². The molecule has 1 amide bonds. The summed E-state index contributed by atoms with van der Waals surface area (Å²) in [4.78, 5) is 26.9. The van der Waals surface area contributed by atoms with Crippen LogP contribution in [-0.4, -0.2) is 42.3 Å². The van der Waals surface area contributed by atoms with Gasteiger partial charge in [-0.2, -0.15) is 0 Å². The predicted molar refractivity (Wildman–Crippen MR) is 106 cm³/mol. The van der Waals surface area contributed by atoms with E-state index in [-0.39, 0.29) is 23.9 Å². The number of amides is 1. The second-order valence-corrected chi connectivity index (χ2v) is 8.46. The molecule has 1 aliphatic heterocycles. The van der Waals surface area contributed by atoms with E-state index in [1.165, 1.54) is 5.56 Å². The van der Waals surface area contributed by atoms with E-state index in [1.807, 2.05) is 39.8 Å². The molecule has 5 heteroatoms. The average Bonchev–Trinajstić information content (AvgIpc) is 2.60. The molecular formula is C22H33NO4. The Kier molecular flexibility index (Phi) is 6.90. The zero-order valence-corrected chi connectivity index (χ0v) is 17.5. The van der Waals surface area contributed by atoms with E-state index in [0.29, 0.717) is 32.0 Å². The maximum absolute atomic E-state index is 12.6. The van der Waals surface area contributed by atoms with Crippen LogP contribution in [0, 0.1) is 5.92 Å². The Labute approximate surface area is 163 Å². The first-order valence-electron chi connectivity index (χ1n) is 9.87. The van der Waals surface area contributed by atoms with Crippen molar-refractivity contribution in [3.05, 3.63) is 35.4 Å². The van der Waals surface area contributed by atoms with Crippen LogP contribution in [0.5, 0.6) is 0 Å². The van der Waals surface area contributed by atoms with Gasteiger partial charge in [-0.15, -0.1) is 0 Å². The topological polar surface area (TPSA) is 55.8 Å². The lowest BCUT2D eigenvalue weighted by molar-refractivity contribution is -0.150. The lowest BCUT2D eigenvalue weighted by Crippen LogP contribution is -2.47. The van der Waals surface area contributed by atoms with Crippen molar-refractivity contribution in [2.45, 2.75) is 65.4 Å². The van der Waals surface area contributed by atoms with E-state index in [9.17, 15) is 9.59 Å². The summed E-state index contributed by atoms with van der Waals surface area (Å²) in [6.45, 7) is 13.0. The van der Waals surface area contributed by atoms with Crippen molar-refractivity contribution in [3.8, 4) is 0 Å². The third kappa shape index (κ3) is 5.47. The zero-order valence-electron chi connectivity index (χ0n) is 17.5. The number of esters is 1. The van der Waals surface area contributed by atoms with E-state index in [0.717, 1.165) is 5.56 Å². The van der Waals surface area contributed by atoms with Crippen LogP contribution in [0.15, 0.2) is 24.3 Å². The minimum atomic E-state index is -0.541. The maximum atomic E-state index is 12.6. The van der Waals surface area contributed by atoms with Crippen LogP contribution < -0.4 is 0 Å². The minimum Gasteiger partial charge on any atom is -0.466 e. The third-order valence-corrected chi connectivity index (χ3v) is 4.87. The first-order valence-corrected chi connectivity index (χ1v) is 9.87. The first-order chi connectivity index (χ1) is 12.6. The number of nitrogens with zero attached hydrogens (tertiary/aromatic N) is 1. The van der Waals surface area contributed by atoms with Crippen molar-refractivity contribution >= 4 is 12.1 Å². The van der Waals surface area contributed by atoms with Crippen LogP contribution in [-0.2, 0) is 14.3 Å². The Morgan fingerprint density at radius 1 is 1.22 bits per heavy atom. The van der Waals surface area contributed by atoms with E-state index in [1.54, 1.807) is 4.90 Å². The number of benzene rings is 1. The Hall–Kier alpha value is -2.04. The molecule has 0 spiro atoms. The van der Waals surface area contributed by atoms with Crippen LogP contribution in [0.4, 0.5) is 4.79 Å². The van der Waals surface area contributed by atoms with Gasteiger partial charge in [0.2, 0.25) is 0 Å². The molecule has 1 saturated heterocycles. The summed E-state index contributed by atoms with van der Waals surface area (Å²) < 4.78 is 10.9. The highest BCUT2D eigenvalue weighted by Gasteiger charge is 2.39. The SMILES string of the molecule is CCOC(=O)C1CCN(C(=O)OC(C)(C)C)CC1c1ccccc1C(C)C. The molecule has 1 fully saturated rings. The molecule has 1 aromatic carbocycles. The smallest absolute Gasteiger partial charge is 0.410 e. The van der Waals surface area contributed by atoms with Gasteiger partial charge in [0.25, 0.3) is 0 Å². The summed E-state index contributed by atoms with van der Waals surface area (Å²) in [5, 5.41) is 0. The van der Waals surface area contributed by atoms with Crippen LogP contribution in [0.2, 0.25) is 0 Å². The number of likely N-dealkylation sites (tertiary alicyclic amines) is 1. The fourth-order valence-corrected chi connectivity index (χ4v) is 3.67. The van der Waals surface area contributed by atoms with E-state index in [2.05, 4.69) is 26.0 Å². The summed E-state index contributed by atoms with van der Waals surface area (Å²) in [7, 11) is 0. The molecule has 2 atom stereocenters. The van der Waals surface area contributed by atoms with Crippen LogP contribution >= 0.6 is 0 Å². The van der Waals surface area contributed by atoms with Crippen LogP contribution in [0.1, 0.15) is 70.9 Å².